The summed E-state index contributed by atoms with van der Waals surface area (Å²) in [6.07, 6.45) is 0.751. The summed E-state index contributed by atoms with van der Waals surface area (Å²) in [5.74, 6) is -1.32. The standard InChI is InChI=1S/C16H30O6/c1-9-11(3)21-13(17)15(5,19-7)16(6,20-8)14(18)22-12(4)10-2/h11-12H,9-10H2,1-8H3. The van der Waals surface area contributed by atoms with Crippen molar-refractivity contribution >= 4 is 11.9 Å². The van der Waals surface area contributed by atoms with Gasteiger partial charge in [-0.15, -0.1) is 0 Å². The third kappa shape index (κ3) is 4.20. The number of hydrogen-bond acceptors (Lipinski definition) is 6. The van der Waals surface area contributed by atoms with E-state index >= 15 is 0 Å². The average molecular weight is 318 g/mol. The highest BCUT2D eigenvalue weighted by Gasteiger charge is 2.59. The fraction of sp³-hybridized carbons (Fsp3) is 0.875. The Bertz CT molecular complexity index is 347. The van der Waals surface area contributed by atoms with Gasteiger partial charge in [0, 0.05) is 14.2 Å². The van der Waals surface area contributed by atoms with E-state index in [9.17, 15) is 9.59 Å². The molecule has 0 spiro atoms. The number of carbonyl (C=O) groups is 2. The molecule has 0 aliphatic carbocycles. The van der Waals surface area contributed by atoms with Crippen LogP contribution in [0.4, 0.5) is 0 Å². The van der Waals surface area contributed by atoms with Crippen LogP contribution in [0.2, 0.25) is 0 Å². The molecule has 6 heteroatoms. The van der Waals surface area contributed by atoms with Gasteiger partial charge in [0.1, 0.15) is 0 Å². The Morgan fingerprint density at radius 2 is 1.09 bits per heavy atom. The van der Waals surface area contributed by atoms with Crippen LogP contribution in [-0.4, -0.2) is 49.6 Å². The second-order valence-electron chi connectivity index (χ2n) is 5.72. The first kappa shape index (κ1) is 20.9. The summed E-state index contributed by atoms with van der Waals surface area (Å²) in [6.45, 7) is 10.3. The zero-order chi connectivity index (χ0) is 17.6. The lowest BCUT2D eigenvalue weighted by Crippen LogP contribution is -2.63. The van der Waals surface area contributed by atoms with Gasteiger partial charge in [0.15, 0.2) is 0 Å². The number of methoxy groups -OCH3 is 2. The zero-order valence-corrected chi connectivity index (χ0v) is 15.0. The minimum Gasteiger partial charge on any atom is -0.460 e. The number of esters is 2. The summed E-state index contributed by atoms with van der Waals surface area (Å²) in [4.78, 5) is 25.0. The van der Waals surface area contributed by atoms with Crippen molar-refractivity contribution in [3.63, 3.8) is 0 Å². The van der Waals surface area contributed by atoms with Crippen molar-refractivity contribution in [2.45, 2.75) is 77.8 Å². The molecule has 0 N–H and O–H groups in total. The Balaban J connectivity index is 5.50. The summed E-state index contributed by atoms with van der Waals surface area (Å²) in [5, 5.41) is 0. The molecule has 6 nitrogen and oxygen atoms in total. The van der Waals surface area contributed by atoms with Crippen LogP contribution in [0.1, 0.15) is 54.4 Å². The van der Waals surface area contributed by atoms with Crippen molar-refractivity contribution in [1.82, 2.24) is 0 Å². The summed E-state index contributed by atoms with van der Waals surface area (Å²) in [6, 6.07) is 0. The Kier molecular flexibility index (Phi) is 8.04. The molecule has 130 valence electrons. The summed E-state index contributed by atoms with van der Waals surface area (Å²) in [5.41, 5.74) is -3.23. The molecule has 0 heterocycles. The van der Waals surface area contributed by atoms with Crippen molar-refractivity contribution in [3.05, 3.63) is 0 Å². The predicted molar refractivity (Wildman–Crippen MR) is 82.5 cm³/mol. The third-order valence-corrected chi connectivity index (χ3v) is 4.27. The summed E-state index contributed by atoms with van der Waals surface area (Å²) in [7, 11) is 2.68. The maximum atomic E-state index is 12.5. The van der Waals surface area contributed by atoms with E-state index in [1.54, 1.807) is 13.8 Å². The van der Waals surface area contributed by atoms with Gasteiger partial charge < -0.3 is 18.9 Å². The van der Waals surface area contributed by atoms with E-state index in [0.717, 1.165) is 0 Å². The van der Waals surface area contributed by atoms with Crippen molar-refractivity contribution in [2.75, 3.05) is 14.2 Å². The number of ether oxygens (including phenoxy) is 4. The lowest BCUT2D eigenvalue weighted by Gasteiger charge is -2.40. The van der Waals surface area contributed by atoms with Crippen LogP contribution in [0.25, 0.3) is 0 Å². The molecule has 4 atom stereocenters. The van der Waals surface area contributed by atoms with Gasteiger partial charge in [-0.25, -0.2) is 9.59 Å². The zero-order valence-electron chi connectivity index (χ0n) is 15.0. The minimum absolute atomic E-state index is 0.284. The van der Waals surface area contributed by atoms with Crippen LogP contribution >= 0.6 is 0 Å². The van der Waals surface area contributed by atoms with Gasteiger partial charge in [-0.05, 0) is 40.5 Å². The molecule has 0 fully saturated rings. The van der Waals surface area contributed by atoms with Crippen LogP contribution in [0.5, 0.6) is 0 Å². The minimum atomic E-state index is -1.62. The van der Waals surface area contributed by atoms with Crippen molar-refractivity contribution in [3.8, 4) is 0 Å². The van der Waals surface area contributed by atoms with Gasteiger partial charge in [-0.1, -0.05) is 13.8 Å². The average Bonchev–Trinajstić information content (AvgIpc) is 2.52. The quantitative estimate of drug-likeness (QED) is 0.608. The smallest absolute Gasteiger partial charge is 0.342 e. The normalized spacial score (nSPS) is 19.5. The molecule has 0 aromatic carbocycles. The molecule has 0 rings (SSSR count). The molecule has 0 bridgehead atoms. The van der Waals surface area contributed by atoms with Crippen LogP contribution in [0, 0.1) is 0 Å². The first-order chi connectivity index (χ1) is 10.1. The lowest BCUT2D eigenvalue weighted by molar-refractivity contribution is -0.222. The van der Waals surface area contributed by atoms with E-state index < -0.39 is 23.1 Å². The van der Waals surface area contributed by atoms with Crippen LogP contribution < -0.4 is 0 Å². The van der Waals surface area contributed by atoms with Gasteiger partial charge in [0.05, 0.1) is 12.2 Å². The van der Waals surface area contributed by atoms with E-state index in [4.69, 9.17) is 18.9 Å². The van der Waals surface area contributed by atoms with Crippen molar-refractivity contribution < 1.29 is 28.5 Å². The molecular formula is C16H30O6. The highest BCUT2D eigenvalue weighted by Crippen LogP contribution is 2.32. The maximum absolute atomic E-state index is 12.5. The van der Waals surface area contributed by atoms with Crippen molar-refractivity contribution in [1.29, 1.82) is 0 Å². The Labute approximate surface area is 133 Å². The first-order valence-electron chi connectivity index (χ1n) is 7.65. The fourth-order valence-corrected chi connectivity index (χ4v) is 1.70. The molecule has 0 aliphatic rings. The highest BCUT2D eigenvalue weighted by atomic mass is 16.6. The molecule has 4 unspecified atom stereocenters. The van der Waals surface area contributed by atoms with Crippen molar-refractivity contribution in [2.24, 2.45) is 0 Å². The molecule has 0 aromatic rings. The lowest BCUT2D eigenvalue weighted by atomic mass is 9.85. The van der Waals surface area contributed by atoms with E-state index in [0.29, 0.717) is 12.8 Å². The van der Waals surface area contributed by atoms with Gasteiger partial charge in [-0.3, -0.25) is 0 Å². The van der Waals surface area contributed by atoms with E-state index in [-0.39, 0.29) is 12.2 Å². The maximum Gasteiger partial charge on any atom is 0.342 e. The topological polar surface area (TPSA) is 71.1 Å². The third-order valence-electron chi connectivity index (χ3n) is 4.27. The number of carbonyl (C=O) groups excluding carboxylic acids is 2. The van der Waals surface area contributed by atoms with E-state index in [1.807, 2.05) is 13.8 Å². The monoisotopic (exact) mass is 318 g/mol. The SMILES string of the molecule is CCC(C)OC(=O)C(C)(OC)C(C)(OC)C(=O)OC(C)CC. The molecular weight excluding hydrogens is 288 g/mol. The molecule has 0 amide bonds. The van der Waals surface area contributed by atoms with Crippen LogP contribution in [0.15, 0.2) is 0 Å². The second-order valence-corrected chi connectivity index (χ2v) is 5.72. The highest BCUT2D eigenvalue weighted by molar-refractivity contribution is 5.92. The second kappa shape index (κ2) is 8.48. The Morgan fingerprint density at radius 3 is 1.27 bits per heavy atom. The Hall–Kier alpha value is -1.14. The molecule has 0 radical (unpaired) electrons. The van der Waals surface area contributed by atoms with Gasteiger partial charge >= 0.3 is 11.9 Å². The molecule has 0 aromatic heterocycles. The molecule has 0 saturated carbocycles. The predicted octanol–water partition coefficient (Wildman–Crippen LogP) is 2.48. The van der Waals surface area contributed by atoms with Gasteiger partial charge in [0.2, 0.25) is 11.2 Å². The molecule has 0 aliphatic heterocycles. The fourth-order valence-electron chi connectivity index (χ4n) is 1.70. The van der Waals surface area contributed by atoms with E-state index in [2.05, 4.69) is 0 Å². The van der Waals surface area contributed by atoms with Gasteiger partial charge in [0.25, 0.3) is 0 Å². The van der Waals surface area contributed by atoms with Gasteiger partial charge in [-0.2, -0.15) is 0 Å². The van der Waals surface area contributed by atoms with Crippen LogP contribution in [0.3, 0.4) is 0 Å². The number of rotatable bonds is 9. The summed E-state index contributed by atoms with van der Waals surface area (Å²) >= 11 is 0. The summed E-state index contributed by atoms with van der Waals surface area (Å²) < 4.78 is 21.3. The largest absolute Gasteiger partial charge is 0.460 e. The molecule has 22 heavy (non-hydrogen) atoms. The van der Waals surface area contributed by atoms with Crippen LogP contribution in [-0.2, 0) is 28.5 Å². The first-order valence-corrected chi connectivity index (χ1v) is 7.65. The number of hydrogen-bond donors (Lipinski definition) is 0. The Morgan fingerprint density at radius 1 is 0.818 bits per heavy atom. The molecule has 0 saturated heterocycles. The van der Waals surface area contributed by atoms with E-state index in [1.165, 1.54) is 28.1 Å².